The highest BCUT2D eigenvalue weighted by Crippen LogP contribution is 2.42. The van der Waals surface area contributed by atoms with Gasteiger partial charge < -0.3 is 30.0 Å². The molecule has 2 aliphatic heterocycles. The highest BCUT2D eigenvalue weighted by Gasteiger charge is 2.37. The topological polar surface area (TPSA) is 131 Å². The van der Waals surface area contributed by atoms with Crippen LogP contribution in [0.25, 0.3) is 22.2 Å². The molecule has 0 radical (unpaired) electrons. The highest BCUT2D eigenvalue weighted by atomic mass is 31.2. The number of aromatic nitrogens is 6. The van der Waals surface area contributed by atoms with E-state index in [1.807, 2.05) is 4.90 Å². The Labute approximate surface area is 275 Å². The number of nitrogens with zero attached hydrogens (tertiary/aromatic N) is 8. The van der Waals surface area contributed by atoms with Gasteiger partial charge in [-0.25, -0.2) is 4.98 Å². The van der Waals surface area contributed by atoms with Crippen LogP contribution in [0.2, 0.25) is 0 Å². The van der Waals surface area contributed by atoms with Crippen LogP contribution in [-0.4, -0.2) is 105 Å². The third-order valence-corrected chi connectivity index (χ3v) is 10.6. The average Bonchev–Trinajstić information content (AvgIpc) is 3.53. The number of benzene rings is 2. The van der Waals surface area contributed by atoms with Crippen molar-refractivity contribution < 1.29 is 17.7 Å². The largest absolute Gasteiger partial charge is 0.418 e. The first kappa shape index (κ1) is 32.2. The van der Waals surface area contributed by atoms with E-state index in [0.717, 1.165) is 45.1 Å². The Morgan fingerprint density at radius 2 is 1.65 bits per heavy atom. The molecule has 5 aromatic rings. The lowest BCUT2D eigenvalue weighted by Crippen LogP contribution is -2.52. The maximum Gasteiger partial charge on any atom is 0.418 e. The molecule has 2 aliphatic rings. The Balaban J connectivity index is 1.16. The maximum absolute atomic E-state index is 14.5. The number of likely N-dealkylation sites (N-methyl/N-ethyl adjacent to an activating group) is 1. The van der Waals surface area contributed by atoms with Crippen molar-refractivity contribution in [3.8, 4) is 0 Å². The van der Waals surface area contributed by atoms with Crippen molar-refractivity contribution in [3.63, 3.8) is 0 Å². The molecule has 0 unspecified atom stereocenters. The molecule has 0 atom stereocenters. The number of aromatic amines is 1. The van der Waals surface area contributed by atoms with Crippen LogP contribution in [0.3, 0.4) is 0 Å². The van der Waals surface area contributed by atoms with Gasteiger partial charge in [0, 0.05) is 69.1 Å². The van der Waals surface area contributed by atoms with E-state index >= 15 is 0 Å². The van der Waals surface area contributed by atoms with E-state index in [0.29, 0.717) is 52.3 Å². The third-order valence-electron chi connectivity index (χ3n) is 9.10. The Kier molecular flexibility index (Phi) is 8.46. The van der Waals surface area contributed by atoms with Gasteiger partial charge in [-0.2, -0.15) is 23.1 Å². The van der Waals surface area contributed by atoms with Crippen molar-refractivity contribution in [2.24, 2.45) is 0 Å². The number of piperazine rings is 1. The van der Waals surface area contributed by atoms with Crippen molar-refractivity contribution in [3.05, 3.63) is 54.6 Å². The standard InChI is InChI=1S/C32H37F3N11OP/c1-44-14-16-45(17-15-44)21-8-12-46(13-9-21)25-7-4-20(18-22(25)32(33,34)35)40-31-42-29-27(38-19-39-29)30(43-31)41-24-6-5-23-26(37-11-10-36-23)28(24)48(2,3)47/h4-7,10-11,18-19,21H,8-9,12-17H2,1-3H3,(H3,38,39,40,41,42,43). The minimum atomic E-state index is -4.56. The number of alkyl halides is 3. The lowest BCUT2D eigenvalue weighted by Gasteiger charge is -2.43. The number of halogens is 3. The molecule has 0 spiro atoms. The summed E-state index contributed by atoms with van der Waals surface area (Å²) in [6, 6.07) is 8.17. The smallest absolute Gasteiger partial charge is 0.371 e. The molecule has 2 fully saturated rings. The predicted molar refractivity (Wildman–Crippen MR) is 183 cm³/mol. The molecule has 0 bridgehead atoms. The molecule has 0 saturated carbocycles. The van der Waals surface area contributed by atoms with E-state index in [-0.39, 0.29) is 23.1 Å². The lowest BCUT2D eigenvalue weighted by molar-refractivity contribution is -0.137. The van der Waals surface area contributed by atoms with Crippen molar-refractivity contribution in [1.82, 2.24) is 39.7 Å². The zero-order valence-corrected chi connectivity index (χ0v) is 27.8. The van der Waals surface area contributed by atoms with E-state index in [4.69, 9.17) is 0 Å². The van der Waals surface area contributed by atoms with E-state index in [1.165, 1.54) is 12.4 Å². The minimum Gasteiger partial charge on any atom is -0.371 e. The highest BCUT2D eigenvalue weighted by molar-refractivity contribution is 7.71. The molecule has 48 heavy (non-hydrogen) atoms. The van der Waals surface area contributed by atoms with Crippen molar-refractivity contribution in [1.29, 1.82) is 0 Å². The molecule has 12 nitrogen and oxygen atoms in total. The second kappa shape index (κ2) is 12.6. The number of imidazole rings is 1. The zero-order valence-electron chi connectivity index (χ0n) is 26.9. The number of nitrogens with one attached hydrogen (secondary N) is 3. The summed E-state index contributed by atoms with van der Waals surface area (Å²) in [6.07, 6.45) is 1.65. The number of anilines is 5. The number of rotatable bonds is 7. The van der Waals surface area contributed by atoms with Gasteiger partial charge >= 0.3 is 6.18 Å². The van der Waals surface area contributed by atoms with E-state index in [2.05, 4.69) is 57.4 Å². The number of fused-ring (bicyclic) bond motifs is 2. The summed E-state index contributed by atoms with van der Waals surface area (Å²) in [5.41, 5.74) is 2.03. The maximum atomic E-state index is 14.5. The summed E-state index contributed by atoms with van der Waals surface area (Å²) in [6.45, 7) is 8.44. The third kappa shape index (κ3) is 6.54. The molecular formula is C32H37F3N11OP. The number of piperidine rings is 1. The zero-order chi connectivity index (χ0) is 33.6. The molecule has 3 N–H and O–H groups in total. The van der Waals surface area contributed by atoms with Gasteiger partial charge in [0.2, 0.25) is 5.95 Å². The van der Waals surface area contributed by atoms with Crippen LogP contribution in [0.15, 0.2) is 49.1 Å². The summed E-state index contributed by atoms with van der Waals surface area (Å²) in [5, 5.41) is 6.71. The molecule has 16 heteroatoms. The molecule has 2 saturated heterocycles. The van der Waals surface area contributed by atoms with Crippen molar-refractivity contribution in [2.45, 2.75) is 25.1 Å². The second-order valence-electron chi connectivity index (χ2n) is 12.8. The number of H-pyrrole nitrogens is 1. The van der Waals surface area contributed by atoms with Crippen LogP contribution in [0.5, 0.6) is 0 Å². The van der Waals surface area contributed by atoms with Crippen LogP contribution >= 0.6 is 7.14 Å². The van der Waals surface area contributed by atoms with Crippen molar-refractivity contribution in [2.75, 3.05) is 75.2 Å². The van der Waals surface area contributed by atoms with E-state index in [9.17, 15) is 17.7 Å². The van der Waals surface area contributed by atoms with Crippen LogP contribution in [0.1, 0.15) is 18.4 Å². The van der Waals surface area contributed by atoms with Gasteiger partial charge in [-0.1, -0.05) is 0 Å². The molecule has 5 heterocycles. The predicted octanol–water partition coefficient (Wildman–Crippen LogP) is 5.27. The monoisotopic (exact) mass is 679 g/mol. The summed E-state index contributed by atoms with van der Waals surface area (Å²) in [7, 11) is -0.754. The van der Waals surface area contributed by atoms with Crippen LogP contribution in [0, 0.1) is 0 Å². The van der Waals surface area contributed by atoms with Gasteiger partial charge in [0.25, 0.3) is 0 Å². The molecule has 3 aromatic heterocycles. The molecule has 2 aromatic carbocycles. The average molecular weight is 680 g/mol. The van der Waals surface area contributed by atoms with Gasteiger partial charge in [0.15, 0.2) is 17.0 Å². The van der Waals surface area contributed by atoms with Gasteiger partial charge in [-0.05, 0) is 63.6 Å². The summed E-state index contributed by atoms with van der Waals surface area (Å²) < 4.78 is 56.9. The Hall–Kier alpha value is -4.33. The molecule has 7 rings (SSSR count). The number of hydrogen-bond donors (Lipinski definition) is 3. The van der Waals surface area contributed by atoms with Gasteiger partial charge in [0.1, 0.15) is 12.7 Å². The van der Waals surface area contributed by atoms with Crippen molar-refractivity contribution >= 4 is 63.5 Å². The second-order valence-corrected chi connectivity index (χ2v) is 15.9. The minimum absolute atomic E-state index is 0.0569. The van der Waals surface area contributed by atoms with E-state index < -0.39 is 18.9 Å². The first-order valence-corrected chi connectivity index (χ1v) is 18.5. The van der Waals surface area contributed by atoms with Crippen LogP contribution in [0.4, 0.5) is 42.0 Å². The first-order chi connectivity index (χ1) is 22.9. The van der Waals surface area contributed by atoms with Gasteiger partial charge in [-0.3, -0.25) is 14.9 Å². The van der Waals surface area contributed by atoms with Crippen LogP contribution < -0.4 is 20.8 Å². The molecule has 252 valence electrons. The molecule has 0 amide bonds. The normalized spacial score (nSPS) is 17.3. The molecule has 0 aliphatic carbocycles. The lowest BCUT2D eigenvalue weighted by atomic mass is 10.00. The molecular weight excluding hydrogens is 642 g/mol. The Morgan fingerprint density at radius 1 is 0.896 bits per heavy atom. The fourth-order valence-electron chi connectivity index (χ4n) is 6.68. The SMILES string of the molecule is CN1CCN(C2CCN(c3ccc(Nc4nc(Nc5ccc6nccnc6c5P(C)(C)=O)c5nc[nH]c5n4)cc3C(F)(F)F)CC2)CC1. The van der Waals surface area contributed by atoms with E-state index in [1.54, 1.807) is 43.9 Å². The number of hydrogen-bond acceptors (Lipinski definition) is 11. The fraction of sp³-hybridized carbons (Fsp3) is 0.406. The quantitative estimate of drug-likeness (QED) is 0.195. The van der Waals surface area contributed by atoms with Gasteiger partial charge in [-0.15, -0.1) is 0 Å². The summed E-state index contributed by atoms with van der Waals surface area (Å²) >= 11 is 0. The first-order valence-electron chi connectivity index (χ1n) is 15.9. The fourth-order valence-corrected chi connectivity index (χ4v) is 8.07. The summed E-state index contributed by atoms with van der Waals surface area (Å²) in [5.74, 6) is 0.332. The Bertz CT molecular complexity index is 2000. The Morgan fingerprint density at radius 3 is 2.38 bits per heavy atom. The van der Waals surface area contributed by atoms with Gasteiger partial charge in [0.05, 0.1) is 28.4 Å². The summed E-state index contributed by atoms with van der Waals surface area (Å²) in [4.78, 5) is 31.7. The van der Waals surface area contributed by atoms with Crippen LogP contribution in [-0.2, 0) is 10.7 Å².